The highest BCUT2D eigenvalue weighted by molar-refractivity contribution is 5.76. The molecule has 0 N–H and O–H groups in total. The molecule has 122 valence electrons. The Labute approximate surface area is 142 Å². The van der Waals surface area contributed by atoms with E-state index in [0.29, 0.717) is 0 Å². The van der Waals surface area contributed by atoms with Gasteiger partial charge in [-0.3, -0.25) is 4.68 Å². The first-order valence-corrected chi connectivity index (χ1v) is 8.13. The molecular weight excluding hydrogens is 298 g/mol. The van der Waals surface area contributed by atoms with Gasteiger partial charge in [0.25, 0.3) is 0 Å². The minimum Gasteiger partial charge on any atom is -0.388 e. The number of aryl methyl sites for hydroxylation is 2. The summed E-state index contributed by atoms with van der Waals surface area (Å²) in [5.74, 6) is 0. The van der Waals surface area contributed by atoms with E-state index in [1.807, 2.05) is 54.1 Å². The summed E-state index contributed by atoms with van der Waals surface area (Å²) in [6.07, 6.45) is 4.36. The number of aromatic nitrogens is 2. The van der Waals surface area contributed by atoms with E-state index >= 15 is 0 Å². The van der Waals surface area contributed by atoms with Crippen molar-refractivity contribution >= 4 is 6.21 Å². The van der Waals surface area contributed by atoms with Crippen LogP contribution in [0.4, 0.5) is 0 Å². The van der Waals surface area contributed by atoms with Crippen LogP contribution in [0.1, 0.15) is 29.8 Å². The molecule has 3 rings (SSSR count). The summed E-state index contributed by atoms with van der Waals surface area (Å²) in [4.78, 5) is 5.55. The first-order chi connectivity index (χ1) is 11.8. The molecule has 0 radical (unpaired) electrons. The van der Waals surface area contributed by atoms with Gasteiger partial charge in [-0.05, 0) is 30.5 Å². The Kier molecular flexibility index (Phi) is 5.40. The maximum atomic E-state index is 5.55. The summed E-state index contributed by atoms with van der Waals surface area (Å²) in [6, 6.07) is 22.4. The predicted octanol–water partition coefficient (Wildman–Crippen LogP) is 4.24. The van der Waals surface area contributed by atoms with Gasteiger partial charge in [0.2, 0.25) is 0 Å². The molecule has 0 saturated carbocycles. The number of rotatable bonds is 7. The van der Waals surface area contributed by atoms with E-state index in [2.05, 4.69) is 34.5 Å². The third-order valence-corrected chi connectivity index (χ3v) is 3.88. The highest BCUT2D eigenvalue weighted by atomic mass is 16.6. The van der Waals surface area contributed by atoms with E-state index in [-0.39, 0.29) is 6.10 Å². The van der Waals surface area contributed by atoms with Crippen LogP contribution in [0.2, 0.25) is 0 Å². The molecule has 2 aromatic carbocycles. The Balaban J connectivity index is 1.57. The lowest BCUT2D eigenvalue weighted by atomic mass is 10.1. The van der Waals surface area contributed by atoms with Gasteiger partial charge in [-0.15, -0.1) is 0 Å². The number of nitrogens with zero attached hydrogens (tertiary/aromatic N) is 3. The van der Waals surface area contributed by atoms with Crippen LogP contribution < -0.4 is 0 Å². The molecule has 0 spiro atoms. The zero-order valence-corrected chi connectivity index (χ0v) is 13.7. The Morgan fingerprint density at radius 3 is 2.50 bits per heavy atom. The van der Waals surface area contributed by atoms with Gasteiger partial charge in [0.15, 0.2) is 0 Å². The smallest absolute Gasteiger partial charge is 0.149 e. The minimum atomic E-state index is -0.0804. The number of hydrogen-bond acceptors (Lipinski definition) is 3. The quantitative estimate of drug-likeness (QED) is 0.483. The third kappa shape index (κ3) is 4.32. The summed E-state index contributed by atoms with van der Waals surface area (Å²) in [6.45, 7) is 2.80. The lowest BCUT2D eigenvalue weighted by molar-refractivity contribution is 0.0735. The molecule has 0 unspecified atom stereocenters. The summed E-state index contributed by atoms with van der Waals surface area (Å²) < 4.78 is 1.94. The van der Waals surface area contributed by atoms with E-state index in [1.165, 1.54) is 5.56 Å². The molecule has 0 amide bonds. The number of hydrogen-bond donors (Lipinski definition) is 0. The molecule has 0 fully saturated rings. The van der Waals surface area contributed by atoms with Crippen LogP contribution in [0.15, 0.2) is 78.1 Å². The second kappa shape index (κ2) is 8.11. The van der Waals surface area contributed by atoms with Crippen LogP contribution in [0.25, 0.3) is 0 Å². The van der Waals surface area contributed by atoms with E-state index < -0.39 is 0 Å². The molecule has 4 heteroatoms. The largest absolute Gasteiger partial charge is 0.388 e. The van der Waals surface area contributed by atoms with Crippen molar-refractivity contribution in [2.75, 3.05) is 0 Å². The topological polar surface area (TPSA) is 39.4 Å². The molecule has 3 aromatic rings. The van der Waals surface area contributed by atoms with Crippen molar-refractivity contribution in [3.05, 3.63) is 89.7 Å². The molecular formula is C20H21N3O. The van der Waals surface area contributed by atoms with Crippen molar-refractivity contribution in [1.29, 1.82) is 0 Å². The first kappa shape index (κ1) is 16.0. The molecule has 0 aliphatic carbocycles. The standard InChI is InChI=1S/C20H21N3O/c1-17(19-10-6-3-7-11-19)24-22-16-20-12-14-21-23(20)15-13-18-8-4-2-5-9-18/h2-12,14,16-17H,13,15H2,1H3/b22-16+/t17-/m1/s1. The summed E-state index contributed by atoms with van der Waals surface area (Å²) in [7, 11) is 0. The van der Waals surface area contributed by atoms with Crippen molar-refractivity contribution in [1.82, 2.24) is 9.78 Å². The van der Waals surface area contributed by atoms with Gasteiger partial charge in [-0.2, -0.15) is 5.10 Å². The maximum Gasteiger partial charge on any atom is 0.149 e. The normalized spacial score (nSPS) is 12.4. The molecule has 0 aliphatic rings. The third-order valence-electron chi connectivity index (χ3n) is 3.88. The maximum absolute atomic E-state index is 5.55. The molecule has 1 atom stereocenters. The molecule has 24 heavy (non-hydrogen) atoms. The monoisotopic (exact) mass is 319 g/mol. The van der Waals surface area contributed by atoms with Crippen molar-refractivity contribution < 1.29 is 4.84 Å². The number of benzene rings is 2. The van der Waals surface area contributed by atoms with Crippen LogP contribution in [0.3, 0.4) is 0 Å². The van der Waals surface area contributed by atoms with Crippen molar-refractivity contribution in [2.24, 2.45) is 5.16 Å². The minimum absolute atomic E-state index is 0.0804. The SMILES string of the molecule is C[C@@H](O/N=C/c1ccnn1CCc1ccccc1)c1ccccc1. The molecule has 4 nitrogen and oxygen atoms in total. The number of oxime groups is 1. The van der Waals surface area contributed by atoms with Crippen LogP contribution >= 0.6 is 0 Å². The Bertz CT molecular complexity index is 766. The molecule has 0 aliphatic heterocycles. The molecule has 1 heterocycles. The van der Waals surface area contributed by atoms with Gasteiger partial charge in [0.1, 0.15) is 6.10 Å². The van der Waals surface area contributed by atoms with Crippen molar-refractivity contribution in [2.45, 2.75) is 26.0 Å². The van der Waals surface area contributed by atoms with Crippen molar-refractivity contribution in [3.63, 3.8) is 0 Å². The van der Waals surface area contributed by atoms with Crippen LogP contribution in [-0.2, 0) is 17.8 Å². The molecule has 0 saturated heterocycles. The van der Waals surface area contributed by atoms with E-state index in [1.54, 1.807) is 12.4 Å². The summed E-state index contributed by atoms with van der Waals surface area (Å²) in [5.41, 5.74) is 3.34. The summed E-state index contributed by atoms with van der Waals surface area (Å²) in [5, 5.41) is 8.48. The highest BCUT2D eigenvalue weighted by Gasteiger charge is 2.05. The second-order valence-electron chi connectivity index (χ2n) is 5.61. The highest BCUT2D eigenvalue weighted by Crippen LogP contribution is 2.15. The van der Waals surface area contributed by atoms with Gasteiger partial charge in [-0.25, -0.2) is 0 Å². The van der Waals surface area contributed by atoms with Gasteiger partial charge < -0.3 is 4.84 Å². The van der Waals surface area contributed by atoms with E-state index in [4.69, 9.17) is 4.84 Å². The molecule has 1 aromatic heterocycles. The molecule has 0 bridgehead atoms. The van der Waals surface area contributed by atoms with Crippen LogP contribution in [-0.4, -0.2) is 16.0 Å². The predicted molar refractivity (Wildman–Crippen MR) is 95.9 cm³/mol. The van der Waals surface area contributed by atoms with Gasteiger partial charge >= 0.3 is 0 Å². The fraction of sp³-hybridized carbons (Fsp3) is 0.200. The lowest BCUT2D eigenvalue weighted by Crippen LogP contribution is -2.07. The average molecular weight is 319 g/mol. The zero-order chi connectivity index (χ0) is 16.6. The zero-order valence-electron chi connectivity index (χ0n) is 13.7. The van der Waals surface area contributed by atoms with E-state index in [9.17, 15) is 0 Å². The van der Waals surface area contributed by atoms with Crippen molar-refractivity contribution in [3.8, 4) is 0 Å². The fourth-order valence-electron chi connectivity index (χ4n) is 2.48. The Morgan fingerprint density at radius 2 is 1.75 bits per heavy atom. The first-order valence-electron chi connectivity index (χ1n) is 8.13. The van der Waals surface area contributed by atoms with Gasteiger partial charge in [-0.1, -0.05) is 65.8 Å². The van der Waals surface area contributed by atoms with E-state index in [0.717, 1.165) is 24.2 Å². The van der Waals surface area contributed by atoms with Gasteiger partial charge in [0, 0.05) is 12.7 Å². The second-order valence-corrected chi connectivity index (χ2v) is 5.61. The van der Waals surface area contributed by atoms with Crippen LogP contribution in [0.5, 0.6) is 0 Å². The Hall–Kier alpha value is -2.88. The average Bonchev–Trinajstić information content (AvgIpc) is 3.09. The lowest BCUT2D eigenvalue weighted by Gasteiger charge is -2.09. The van der Waals surface area contributed by atoms with Crippen LogP contribution in [0, 0.1) is 0 Å². The Morgan fingerprint density at radius 1 is 1.04 bits per heavy atom. The van der Waals surface area contributed by atoms with Gasteiger partial charge in [0.05, 0.1) is 11.9 Å². The fourth-order valence-corrected chi connectivity index (χ4v) is 2.48. The summed E-state index contributed by atoms with van der Waals surface area (Å²) >= 11 is 0.